The first-order chi connectivity index (χ1) is 5.85. The molecule has 0 radical (unpaired) electrons. The number of hydrogen-bond donors (Lipinski definition) is 2. The highest BCUT2D eigenvalue weighted by Crippen LogP contribution is 2.52. The Labute approximate surface area is 76.6 Å². The molecule has 0 atom stereocenters. The van der Waals surface area contributed by atoms with Gasteiger partial charge in [0.15, 0.2) is 0 Å². The number of carboxylic acids is 1. The Morgan fingerprint density at radius 1 is 1.31 bits per heavy atom. The second kappa shape index (κ2) is 3.25. The van der Waals surface area contributed by atoms with E-state index < -0.39 is 17.2 Å². The third kappa shape index (κ3) is 2.66. The molecule has 0 heterocycles. The van der Waals surface area contributed by atoms with Crippen LogP contribution in [0.25, 0.3) is 0 Å². The Kier molecular flexibility index (Phi) is 2.61. The molecule has 2 fully saturated rings. The highest BCUT2D eigenvalue weighted by Gasteiger charge is 2.53. The molecule has 3 nitrogen and oxygen atoms in total. The van der Waals surface area contributed by atoms with E-state index in [1.54, 1.807) is 0 Å². The zero-order valence-electron chi connectivity index (χ0n) is 7.72. The van der Waals surface area contributed by atoms with Gasteiger partial charge in [0.25, 0.3) is 5.97 Å². The van der Waals surface area contributed by atoms with Gasteiger partial charge in [-0.25, -0.2) is 4.39 Å². The Hall–Kier alpha value is -0.640. The van der Waals surface area contributed by atoms with Crippen LogP contribution in [0, 0.1) is 0 Å². The van der Waals surface area contributed by atoms with Gasteiger partial charge in [-0.3, -0.25) is 4.79 Å². The largest absolute Gasteiger partial charge is 0.481 e. The normalized spacial score (nSPS) is 41.2. The number of hydrogen-bond acceptors (Lipinski definition) is 2. The van der Waals surface area contributed by atoms with E-state index in [0.29, 0.717) is 32.1 Å². The fourth-order valence-electron chi connectivity index (χ4n) is 2.11. The van der Waals surface area contributed by atoms with Crippen molar-refractivity contribution >= 4 is 5.97 Å². The molecule has 2 rings (SSSR count). The number of fused-ring (bicyclic) bond motifs is 2. The molecule has 2 N–H and O–H groups in total. The maximum absolute atomic E-state index is 13.2. The van der Waals surface area contributed by atoms with Crippen molar-refractivity contribution in [3.05, 3.63) is 0 Å². The van der Waals surface area contributed by atoms with Crippen LogP contribution in [0.5, 0.6) is 0 Å². The lowest BCUT2D eigenvalue weighted by molar-refractivity contribution is -0.134. The molecule has 0 amide bonds. The molecule has 0 saturated heterocycles. The number of aliphatic hydroxyl groups is 1. The molecule has 2 saturated carbocycles. The predicted octanol–water partition coefficient (Wildman–Crippen LogP) is 1.49. The zero-order chi connectivity index (χ0) is 10.1. The summed E-state index contributed by atoms with van der Waals surface area (Å²) in [6, 6.07) is 0. The molecule has 0 aromatic carbocycles. The van der Waals surface area contributed by atoms with Gasteiger partial charge < -0.3 is 10.2 Å². The van der Waals surface area contributed by atoms with E-state index >= 15 is 0 Å². The van der Waals surface area contributed by atoms with Crippen LogP contribution in [0.3, 0.4) is 0 Å². The molecule has 2 aliphatic carbocycles. The van der Waals surface area contributed by atoms with Gasteiger partial charge in [0.05, 0.1) is 5.60 Å². The minimum Gasteiger partial charge on any atom is -0.481 e. The minimum absolute atomic E-state index is 0.403. The highest BCUT2D eigenvalue weighted by atomic mass is 19.1. The third-order valence-electron chi connectivity index (χ3n) is 2.72. The molecular formula is C9H15FO3. The summed E-state index contributed by atoms with van der Waals surface area (Å²) in [7, 11) is 0. The van der Waals surface area contributed by atoms with Crippen LogP contribution in [0.15, 0.2) is 0 Å². The molecule has 0 aromatic heterocycles. The lowest BCUT2D eigenvalue weighted by Crippen LogP contribution is -2.20. The molecule has 4 heteroatoms. The molecule has 0 spiro atoms. The van der Waals surface area contributed by atoms with Crippen molar-refractivity contribution in [1.82, 2.24) is 0 Å². The maximum Gasteiger partial charge on any atom is 0.300 e. The monoisotopic (exact) mass is 190 g/mol. The lowest BCUT2D eigenvalue weighted by Gasteiger charge is -2.18. The number of aliphatic carboxylic acids is 1. The van der Waals surface area contributed by atoms with Crippen LogP contribution >= 0.6 is 0 Å². The van der Waals surface area contributed by atoms with E-state index in [9.17, 15) is 9.50 Å². The predicted molar refractivity (Wildman–Crippen MR) is 45.2 cm³/mol. The lowest BCUT2D eigenvalue weighted by atomic mass is 9.96. The molecule has 13 heavy (non-hydrogen) atoms. The van der Waals surface area contributed by atoms with Crippen molar-refractivity contribution in [2.24, 2.45) is 0 Å². The number of alkyl halides is 1. The van der Waals surface area contributed by atoms with Gasteiger partial charge in [-0.05, 0) is 25.7 Å². The second-order valence-electron chi connectivity index (χ2n) is 4.07. The van der Waals surface area contributed by atoms with Crippen LogP contribution in [0.4, 0.5) is 4.39 Å². The van der Waals surface area contributed by atoms with Crippen molar-refractivity contribution in [2.75, 3.05) is 0 Å². The third-order valence-corrected chi connectivity index (χ3v) is 2.72. The van der Waals surface area contributed by atoms with E-state index in [-0.39, 0.29) is 0 Å². The summed E-state index contributed by atoms with van der Waals surface area (Å²) in [6.45, 7) is 1.08. The van der Waals surface area contributed by atoms with Gasteiger partial charge in [-0.1, -0.05) is 0 Å². The van der Waals surface area contributed by atoms with Crippen molar-refractivity contribution in [2.45, 2.75) is 50.3 Å². The van der Waals surface area contributed by atoms with Gasteiger partial charge >= 0.3 is 0 Å². The van der Waals surface area contributed by atoms with E-state index in [0.717, 1.165) is 6.92 Å². The summed E-state index contributed by atoms with van der Waals surface area (Å²) < 4.78 is 13.2. The van der Waals surface area contributed by atoms with Gasteiger partial charge in [0, 0.05) is 13.3 Å². The average Bonchev–Trinajstić information content (AvgIpc) is 2.38. The van der Waals surface area contributed by atoms with Crippen LogP contribution < -0.4 is 0 Å². The average molecular weight is 190 g/mol. The Morgan fingerprint density at radius 3 is 1.77 bits per heavy atom. The van der Waals surface area contributed by atoms with Gasteiger partial charge in [-0.15, -0.1) is 0 Å². The summed E-state index contributed by atoms with van der Waals surface area (Å²) in [5.74, 6) is -0.833. The highest BCUT2D eigenvalue weighted by molar-refractivity contribution is 5.62. The summed E-state index contributed by atoms with van der Waals surface area (Å²) in [4.78, 5) is 9.00. The second-order valence-corrected chi connectivity index (χ2v) is 4.07. The number of rotatable bonds is 0. The van der Waals surface area contributed by atoms with Crippen LogP contribution in [-0.4, -0.2) is 27.5 Å². The van der Waals surface area contributed by atoms with Gasteiger partial charge in [0.1, 0.15) is 5.67 Å². The summed E-state index contributed by atoms with van der Waals surface area (Å²) in [5.41, 5.74) is -1.58. The van der Waals surface area contributed by atoms with Crippen LogP contribution in [-0.2, 0) is 4.79 Å². The summed E-state index contributed by atoms with van der Waals surface area (Å²) in [5, 5.41) is 16.9. The van der Waals surface area contributed by atoms with Crippen molar-refractivity contribution in [3.63, 3.8) is 0 Å². The summed E-state index contributed by atoms with van der Waals surface area (Å²) in [6.07, 6.45) is 2.94. The minimum atomic E-state index is -0.977. The smallest absolute Gasteiger partial charge is 0.300 e. The molecular weight excluding hydrogens is 175 g/mol. The summed E-state index contributed by atoms with van der Waals surface area (Å²) >= 11 is 0. The van der Waals surface area contributed by atoms with Gasteiger partial charge in [-0.2, -0.15) is 0 Å². The van der Waals surface area contributed by atoms with Crippen LogP contribution in [0.2, 0.25) is 0 Å². The zero-order valence-corrected chi connectivity index (χ0v) is 7.72. The fourth-order valence-corrected chi connectivity index (χ4v) is 2.11. The van der Waals surface area contributed by atoms with Crippen molar-refractivity contribution < 1.29 is 19.4 Å². The number of carbonyl (C=O) groups is 1. The van der Waals surface area contributed by atoms with E-state index in [1.807, 2.05) is 0 Å². The fraction of sp³-hybridized carbons (Fsp3) is 0.889. The Balaban J connectivity index is 0.000000184. The van der Waals surface area contributed by atoms with Crippen LogP contribution in [0.1, 0.15) is 39.0 Å². The van der Waals surface area contributed by atoms with Crippen molar-refractivity contribution in [1.29, 1.82) is 0 Å². The standard InChI is InChI=1S/C7H11FO.C2H4O2/c8-6-1-3-7(9,5-6)4-2-6;1-2(3)4/h9H,1-5H2;1H3,(H,3,4). The van der Waals surface area contributed by atoms with Gasteiger partial charge in [0.2, 0.25) is 0 Å². The van der Waals surface area contributed by atoms with E-state index in [4.69, 9.17) is 9.90 Å². The first kappa shape index (κ1) is 10.4. The first-order valence-corrected chi connectivity index (χ1v) is 4.46. The molecule has 0 aliphatic heterocycles. The molecule has 2 bridgehead atoms. The Bertz CT molecular complexity index is 187. The first-order valence-electron chi connectivity index (χ1n) is 4.46. The number of carboxylic acid groups (broad SMARTS) is 1. The Morgan fingerprint density at radius 2 is 1.69 bits per heavy atom. The molecule has 76 valence electrons. The molecule has 2 aliphatic rings. The quantitative estimate of drug-likeness (QED) is 0.608. The van der Waals surface area contributed by atoms with E-state index in [2.05, 4.69) is 0 Å². The van der Waals surface area contributed by atoms with E-state index in [1.165, 1.54) is 0 Å². The number of halogens is 1. The molecule has 0 aromatic rings. The SMILES string of the molecule is CC(=O)O.OC12CCC(F)(CC1)C2. The maximum atomic E-state index is 13.2. The topological polar surface area (TPSA) is 57.5 Å². The van der Waals surface area contributed by atoms with Crippen molar-refractivity contribution in [3.8, 4) is 0 Å². The molecule has 0 unspecified atom stereocenters.